The molecule has 0 fully saturated rings. The van der Waals surface area contributed by atoms with Crippen LogP contribution in [0.3, 0.4) is 0 Å². The average Bonchev–Trinajstić information content (AvgIpc) is 3.41. The van der Waals surface area contributed by atoms with Crippen LogP contribution in [0.1, 0.15) is 111 Å². The Morgan fingerprint density at radius 2 is 1.54 bits per heavy atom. The van der Waals surface area contributed by atoms with Gasteiger partial charge in [-0.05, 0) is 67.4 Å². The molecule has 0 unspecified atom stereocenters. The summed E-state index contributed by atoms with van der Waals surface area (Å²) in [6.07, 6.45) is 7.94. The van der Waals surface area contributed by atoms with Crippen molar-refractivity contribution >= 4 is 48.1 Å². The zero-order chi connectivity index (χ0) is 34.5. The van der Waals surface area contributed by atoms with E-state index in [1.165, 1.54) is 53.7 Å². The van der Waals surface area contributed by atoms with Crippen molar-refractivity contribution in [3.8, 4) is 11.3 Å². The third kappa shape index (κ3) is 9.23. The number of hydrogen-bond acceptors (Lipinski definition) is 4. The summed E-state index contributed by atoms with van der Waals surface area (Å²) >= 11 is 1.89. The smallest absolute Gasteiger partial charge is 0.162 e. The first-order valence-corrected chi connectivity index (χ1v) is 18.3. The van der Waals surface area contributed by atoms with Gasteiger partial charge in [-0.15, -0.1) is 40.5 Å². The number of fused-ring (bicyclic) bond motifs is 4. The quantitative estimate of drug-likeness (QED) is 0.0866. The molecule has 5 aromatic rings. The fourth-order valence-corrected chi connectivity index (χ4v) is 7.80. The molecule has 0 bridgehead atoms. The number of ketones is 1. The van der Waals surface area contributed by atoms with Crippen molar-refractivity contribution in [2.75, 3.05) is 0 Å². The molecular weight excluding hydrogens is 787 g/mol. The van der Waals surface area contributed by atoms with E-state index in [2.05, 4.69) is 96.1 Å². The number of benzene rings is 3. The van der Waals surface area contributed by atoms with E-state index >= 15 is 0 Å². The van der Waals surface area contributed by atoms with Crippen molar-refractivity contribution in [1.29, 1.82) is 0 Å². The molecule has 48 heavy (non-hydrogen) atoms. The van der Waals surface area contributed by atoms with Crippen molar-refractivity contribution in [3.05, 3.63) is 89.3 Å². The van der Waals surface area contributed by atoms with E-state index < -0.39 is 0 Å². The van der Waals surface area contributed by atoms with Gasteiger partial charge in [0, 0.05) is 64.7 Å². The Labute approximate surface area is 306 Å². The van der Waals surface area contributed by atoms with Gasteiger partial charge in [0.2, 0.25) is 0 Å². The summed E-state index contributed by atoms with van der Waals surface area (Å²) in [7, 11) is 0. The van der Waals surface area contributed by atoms with Gasteiger partial charge in [-0.25, -0.2) is 0 Å². The zero-order valence-electron chi connectivity index (χ0n) is 30.6. The third-order valence-corrected chi connectivity index (χ3v) is 10.5. The maximum Gasteiger partial charge on any atom is 0.162 e. The molecule has 1 N–H and O–H groups in total. The van der Waals surface area contributed by atoms with Crippen molar-refractivity contribution < 1.29 is 30.0 Å². The minimum absolute atomic E-state index is 0. The molecule has 5 rings (SSSR count). The fraction of sp³-hybridized carbons (Fsp3) is 0.442. The van der Waals surface area contributed by atoms with Crippen molar-refractivity contribution in [2.24, 2.45) is 17.3 Å². The molecule has 0 atom stereocenters. The van der Waals surface area contributed by atoms with Crippen LogP contribution in [0.2, 0.25) is 0 Å². The molecule has 0 aliphatic heterocycles. The van der Waals surface area contributed by atoms with Crippen molar-refractivity contribution in [1.82, 2.24) is 4.98 Å². The zero-order valence-corrected chi connectivity index (χ0v) is 33.8. The first-order chi connectivity index (χ1) is 22.3. The number of carbonyl (C=O) groups excluding carboxylic acids is 1. The van der Waals surface area contributed by atoms with Crippen LogP contribution in [-0.2, 0) is 31.3 Å². The van der Waals surface area contributed by atoms with E-state index in [1.807, 2.05) is 45.2 Å². The molecule has 5 heteroatoms. The summed E-state index contributed by atoms with van der Waals surface area (Å²) in [6, 6.07) is 21.6. The standard InChI is InChI=1S/C30H30NS.C13H24O2.Ir/c1-18(2)25-16-22(15-20-11-10-19(3)14-26(20)25)27-29-24(12-13-31-27)23-9-7-8-21(28(23)32-29)17-30(4,5)6;1-5-10(6-2)12(14)9-13(15)11(7-3)8-4;/h7-14,16,18H,17H2,1-6H3;9-11,14H,5-8H2,1-4H3;/q-1;;/b;12-9-;. The van der Waals surface area contributed by atoms with Gasteiger partial charge in [0.15, 0.2) is 5.78 Å². The topological polar surface area (TPSA) is 50.2 Å². The van der Waals surface area contributed by atoms with Gasteiger partial charge in [-0.3, -0.25) is 9.78 Å². The van der Waals surface area contributed by atoms with Crippen LogP contribution >= 0.6 is 11.3 Å². The fourth-order valence-electron chi connectivity index (χ4n) is 6.49. The second-order valence-corrected chi connectivity index (χ2v) is 15.5. The molecular formula is C43H54IrNO2S-. The SMILES string of the molecule is CCC(CC)C(=O)/C=C(\O)C(CC)CC.Cc1ccc2[c-]c(-c3nccc4c3sc3c(CC(C)(C)C)cccc34)cc(C(C)C)c2c1.[Ir]. The average molecular weight is 841 g/mol. The molecule has 259 valence electrons. The van der Waals surface area contributed by atoms with Gasteiger partial charge in [0.25, 0.3) is 0 Å². The van der Waals surface area contributed by atoms with Crippen LogP contribution in [0, 0.1) is 30.2 Å². The number of rotatable bonds is 10. The number of aliphatic hydroxyl groups is 1. The number of aryl methyl sites for hydroxylation is 1. The maximum absolute atomic E-state index is 11.7. The number of carbonyl (C=O) groups is 1. The Balaban J connectivity index is 0.000000334. The largest absolute Gasteiger partial charge is 0.512 e. The predicted molar refractivity (Wildman–Crippen MR) is 205 cm³/mol. The summed E-state index contributed by atoms with van der Waals surface area (Å²) in [5.41, 5.74) is 6.49. The molecule has 3 nitrogen and oxygen atoms in total. The van der Waals surface area contributed by atoms with E-state index in [0.717, 1.165) is 43.4 Å². The van der Waals surface area contributed by atoms with Crippen LogP contribution in [0.4, 0.5) is 0 Å². The second-order valence-electron chi connectivity index (χ2n) is 14.5. The Kier molecular flexibility index (Phi) is 14.2. The van der Waals surface area contributed by atoms with Crippen LogP contribution in [0.5, 0.6) is 0 Å². The summed E-state index contributed by atoms with van der Waals surface area (Å²) in [5.74, 6) is 0.985. The molecule has 2 aromatic heterocycles. The van der Waals surface area contributed by atoms with Gasteiger partial charge >= 0.3 is 0 Å². The molecule has 0 aliphatic rings. The molecule has 3 aromatic carbocycles. The van der Waals surface area contributed by atoms with Crippen LogP contribution in [0.25, 0.3) is 42.2 Å². The molecule has 0 aliphatic carbocycles. The van der Waals surface area contributed by atoms with Crippen molar-refractivity contribution in [2.45, 2.75) is 107 Å². The molecule has 2 heterocycles. The normalized spacial score (nSPS) is 12.2. The van der Waals surface area contributed by atoms with Gasteiger partial charge in [-0.1, -0.05) is 109 Å². The van der Waals surface area contributed by atoms with E-state index in [0.29, 0.717) is 5.92 Å². The monoisotopic (exact) mass is 841 g/mol. The van der Waals surface area contributed by atoms with Crippen LogP contribution in [-0.4, -0.2) is 15.9 Å². The van der Waals surface area contributed by atoms with Crippen LogP contribution < -0.4 is 0 Å². The first kappa shape index (κ1) is 39.6. The Morgan fingerprint density at radius 1 is 0.896 bits per heavy atom. The number of nitrogens with zero attached hydrogens (tertiary/aromatic N) is 1. The predicted octanol–water partition coefficient (Wildman–Crippen LogP) is 13.0. The minimum Gasteiger partial charge on any atom is -0.512 e. The molecule has 0 saturated carbocycles. The summed E-state index contributed by atoms with van der Waals surface area (Å²) in [5, 5.41) is 14.9. The molecule has 1 radical (unpaired) electrons. The van der Waals surface area contributed by atoms with E-state index in [4.69, 9.17) is 4.98 Å². The van der Waals surface area contributed by atoms with E-state index in [9.17, 15) is 9.90 Å². The Hall–Kier alpha value is -2.85. The Bertz CT molecular complexity index is 1870. The Morgan fingerprint density at radius 3 is 2.15 bits per heavy atom. The van der Waals surface area contributed by atoms with Gasteiger partial charge in [0.05, 0.1) is 5.76 Å². The van der Waals surface area contributed by atoms with Crippen LogP contribution in [0.15, 0.2) is 66.6 Å². The van der Waals surface area contributed by atoms with Crippen molar-refractivity contribution in [3.63, 3.8) is 0 Å². The molecule has 0 amide bonds. The maximum atomic E-state index is 11.7. The van der Waals surface area contributed by atoms with Gasteiger partial charge in [0.1, 0.15) is 0 Å². The van der Waals surface area contributed by atoms with Gasteiger partial charge < -0.3 is 5.11 Å². The van der Waals surface area contributed by atoms with E-state index in [1.54, 1.807) is 0 Å². The summed E-state index contributed by atoms with van der Waals surface area (Å²) in [6.45, 7) is 21.7. The summed E-state index contributed by atoms with van der Waals surface area (Å²) in [4.78, 5) is 16.6. The second kappa shape index (κ2) is 17.2. The summed E-state index contributed by atoms with van der Waals surface area (Å²) < 4.78 is 2.66. The molecule has 0 saturated heterocycles. The first-order valence-electron chi connectivity index (χ1n) is 17.5. The third-order valence-electron chi connectivity index (χ3n) is 9.23. The molecule has 0 spiro atoms. The van der Waals surface area contributed by atoms with Gasteiger partial charge in [-0.2, -0.15) is 0 Å². The number of aromatic nitrogens is 1. The number of allylic oxidation sites excluding steroid dienone is 2. The number of thiophene rings is 1. The number of aliphatic hydroxyl groups excluding tert-OH is 1. The number of hydrogen-bond donors (Lipinski definition) is 1. The van der Waals surface area contributed by atoms with E-state index in [-0.39, 0.29) is 48.9 Å². The number of pyridine rings is 1. The minimum atomic E-state index is 0.